The van der Waals surface area contributed by atoms with Crippen molar-refractivity contribution < 1.29 is 33.6 Å². The second-order valence-electron chi connectivity index (χ2n) is 7.02. The summed E-state index contributed by atoms with van der Waals surface area (Å²) in [6.07, 6.45) is -1.85. The monoisotopic (exact) mass is 340 g/mol. The first-order chi connectivity index (χ1) is 10.9. The summed E-state index contributed by atoms with van der Waals surface area (Å²) in [7, 11) is 0. The van der Waals surface area contributed by atoms with Gasteiger partial charge in [-0.05, 0) is 53.7 Å². The van der Waals surface area contributed by atoms with Gasteiger partial charge in [-0.25, -0.2) is 9.59 Å². The van der Waals surface area contributed by atoms with E-state index >= 15 is 0 Å². The number of hydrogen-bond acceptors (Lipinski definition) is 7. The fourth-order valence-corrected chi connectivity index (χ4v) is 1.61. The Labute approximate surface area is 141 Å². The molecule has 0 amide bonds. The number of aliphatic hydroxyl groups is 1. The molecular formula is C17H24O7. The van der Waals surface area contributed by atoms with E-state index in [0.717, 1.165) is 0 Å². The molecule has 0 saturated carbocycles. The summed E-state index contributed by atoms with van der Waals surface area (Å²) in [5, 5.41) is 9.53. The van der Waals surface area contributed by atoms with Crippen LogP contribution in [0.4, 0.5) is 9.59 Å². The average Bonchev–Trinajstić information content (AvgIpc) is 2.34. The highest BCUT2D eigenvalue weighted by Gasteiger charge is 2.23. The van der Waals surface area contributed by atoms with Crippen LogP contribution < -0.4 is 9.47 Å². The molecule has 7 heteroatoms. The Morgan fingerprint density at radius 1 is 0.875 bits per heavy atom. The third-order valence-corrected chi connectivity index (χ3v) is 2.41. The lowest BCUT2D eigenvalue weighted by Crippen LogP contribution is -2.27. The van der Waals surface area contributed by atoms with Crippen LogP contribution in [-0.2, 0) is 16.1 Å². The molecule has 0 fully saturated rings. The SMILES string of the molecule is CC(C)(C)OC(=O)Oc1cccc(OC(=O)OC(C)(C)C)c1CO. The number of ether oxygens (including phenoxy) is 4. The summed E-state index contributed by atoms with van der Waals surface area (Å²) in [4.78, 5) is 23.5. The van der Waals surface area contributed by atoms with Gasteiger partial charge in [-0.3, -0.25) is 0 Å². The molecule has 0 aliphatic heterocycles. The van der Waals surface area contributed by atoms with E-state index in [-0.39, 0.29) is 17.1 Å². The molecule has 7 nitrogen and oxygen atoms in total. The van der Waals surface area contributed by atoms with Gasteiger partial charge in [0, 0.05) is 0 Å². The average molecular weight is 340 g/mol. The number of hydrogen-bond donors (Lipinski definition) is 1. The molecule has 134 valence electrons. The van der Waals surface area contributed by atoms with Gasteiger partial charge in [0.25, 0.3) is 0 Å². The zero-order valence-electron chi connectivity index (χ0n) is 14.8. The van der Waals surface area contributed by atoms with Crippen LogP contribution in [0.3, 0.4) is 0 Å². The summed E-state index contributed by atoms with van der Waals surface area (Å²) in [5.41, 5.74) is -1.31. The number of carbonyl (C=O) groups is 2. The molecule has 0 unspecified atom stereocenters. The molecule has 0 atom stereocenters. The molecule has 24 heavy (non-hydrogen) atoms. The van der Waals surface area contributed by atoms with Gasteiger partial charge < -0.3 is 24.1 Å². The zero-order valence-corrected chi connectivity index (χ0v) is 14.8. The van der Waals surface area contributed by atoms with Crippen molar-refractivity contribution in [2.45, 2.75) is 59.4 Å². The minimum absolute atomic E-state index is 0.0350. The van der Waals surface area contributed by atoms with Crippen molar-refractivity contribution in [2.24, 2.45) is 0 Å². The van der Waals surface area contributed by atoms with Crippen molar-refractivity contribution in [1.82, 2.24) is 0 Å². The van der Waals surface area contributed by atoms with E-state index in [4.69, 9.17) is 18.9 Å². The Bertz CT molecular complexity index is 546. The molecule has 1 aromatic rings. The molecule has 1 rings (SSSR count). The molecule has 0 radical (unpaired) electrons. The molecule has 0 saturated heterocycles. The van der Waals surface area contributed by atoms with Gasteiger partial charge in [-0.1, -0.05) is 6.07 Å². The quantitative estimate of drug-likeness (QED) is 0.661. The smallest absolute Gasteiger partial charge is 0.428 e. The summed E-state index contributed by atoms with van der Waals surface area (Å²) >= 11 is 0. The highest BCUT2D eigenvalue weighted by atomic mass is 16.7. The highest BCUT2D eigenvalue weighted by Crippen LogP contribution is 2.30. The first-order valence-electron chi connectivity index (χ1n) is 7.46. The van der Waals surface area contributed by atoms with Crippen molar-refractivity contribution >= 4 is 12.3 Å². The number of carbonyl (C=O) groups excluding carboxylic acids is 2. The molecule has 0 aliphatic carbocycles. The van der Waals surface area contributed by atoms with Crippen molar-refractivity contribution in [2.75, 3.05) is 0 Å². The third kappa shape index (κ3) is 6.87. The summed E-state index contributed by atoms with van der Waals surface area (Å²) < 4.78 is 20.3. The van der Waals surface area contributed by atoms with Gasteiger partial charge in [-0.2, -0.15) is 0 Å². The van der Waals surface area contributed by atoms with Crippen LogP contribution in [0.25, 0.3) is 0 Å². The van der Waals surface area contributed by atoms with Crippen LogP contribution in [0.5, 0.6) is 11.5 Å². The maximum atomic E-state index is 11.8. The van der Waals surface area contributed by atoms with Gasteiger partial charge in [-0.15, -0.1) is 0 Å². The minimum atomic E-state index is -0.924. The van der Waals surface area contributed by atoms with Crippen LogP contribution in [0.2, 0.25) is 0 Å². The van der Waals surface area contributed by atoms with Crippen LogP contribution in [0, 0.1) is 0 Å². The molecular weight excluding hydrogens is 316 g/mol. The van der Waals surface area contributed by atoms with E-state index in [9.17, 15) is 14.7 Å². The lowest BCUT2D eigenvalue weighted by Gasteiger charge is -2.20. The topological polar surface area (TPSA) is 91.3 Å². The first kappa shape index (κ1) is 19.8. The van der Waals surface area contributed by atoms with Gasteiger partial charge in [0.2, 0.25) is 0 Å². The maximum Gasteiger partial charge on any atom is 0.514 e. The zero-order chi connectivity index (χ0) is 18.5. The van der Waals surface area contributed by atoms with E-state index < -0.39 is 30.1 Å². The Morgan fingerprint density at radius 2 is 1.25 bits per heavy atom. The lowest BCUT2D eigenvalue weighted by molar-refractivity contribution is 0.0197. The number of benzene rings is 1. The molecule has 0 heterocycles. The maximum absolute atomic E-state index is 11.8. The molecule has 0 aliphatic rings. The summed E-state index contributed by atoms with van der Waals surface area (Å²) in [6.45, 7) is 9.68. The standard InChI is InChI=1S/C17H24O7/c1-16(2,3)23-14(19)21-12-8-7-9-13(11(12)10-18)22-15(20)24-17(4,5)6/h7-9,18H,10H2,1-6H3. The van der Waals surface area contributed by atoms with E-state index in [0.29, 0.717) is 0 Å². The molecule has 1 aromatic carbocycles. The molecule has 0 aromatic heterocycles. The van der Waals surface area contributed by atoms with Gasteiger partial charge in [0.05, 0.1) is 12.2 Å². The second kappa shape index (κ2) is 7.53. The van der Waals surface area contributed by atoms with Crippen LogP contribution in [0.1, 0.15) is 47.1 Å². The fourth-order valence-electron chi connectivity index (χ4n) is 1.61. The number of rotatable bonds is 3. The summed E-state index contributed by atoms with van der Waals surface area (Å²) in [6, 6.07) is 4.42. The largest absolute Gasteiger partial charge is 0.514 e. The van der Waals surface area contributed by atoms with Crippen molar-refractivity contribution in [3.05, 3.63) is 23.8 Å². The second-order valence-corrected chi connectivity index (χ2v) is 7.02. The third-order valence-electron chi connectivity index (χ3n) is 2.41. The van der Waals surface area contributed by atoms with Crippen molar-refractivity contribution in [1.29, 1.82) is 0 Å². The fraction of sp³-hybridized carbons (Fsp3) is 0.529. The molecule has 0 spiro atoms. The number of aliphatic hydroxyl groups excluding tert-OH is 1. The van der Waals surface area contributed by atoms with Crippen LogP contribution in [-0.4, -0.2) is 28.6 Å². The molecule has 1 N–H and O–H groups in total. The normalized spacial score (nSPS) is 11.6. The first-order valence-corrected chi connectivity index (χ1v) is 7.46. The van der Waals surface area contributed by atoms with Crippen LogP contribution in [0.15, 0.2) is 18.2 Å². The van der Waals surface area contributed by atoms with Gasteiger partial charge in [0.1, 0.15) is 22.7 Å². The predicted molar refractivity (Wildman–Crippen MR) is 86.1 cm³/mol. The van der Waals surface area contributed by atoms with E-state index in [1.165, 1.54) is 18.2 Å². The van der Waals surface area contributed by atoms with Crippen LogP contribution >= 0.6 is 0 Å². The van der Waals surface area contributed by atoms with E-state index in [1.54, 1.807) is 41.5 Å². The highest BCUT2D eigenvalue weighted by molar-refractivity contribution is 5.68. The Hall–Kier alpha value is -2.28. The minimum Gasteiger partial charge on any atom is -0.428 e. The Kier molecular flexibility index (Phi) is 6.20. The Balaban J connectivity index is 2.93. The van der Waals surface area contributed by atoms with Gasteiger partial charge >= 0.3 is 12.3 Å². The lowest BCUT2D eigenvalue weighted by atomic mass is 10.2. The van der Waals surface area contributed by atoms with Crippen molar-refractivity contribution in [3.63, 3.8) is 0 Å². The van der Waals surface area contributed by atoms with E-state index in [1.807, 2.05) is 0 Å². The van der Waals surface area contributed by atoms with Gasteiger partial charge in [0.15, 0.2) is 0 Å². The van der Waals surface area contributed by atoms with E-state index in [2.05, 4.69) is 0 Å². The summed E-state index contributed by atoms with van der Waals surface area (Å²) in [5.74, 6) is 0.0700. The Morgan fingerprint density at radius 3 is 1.54 bits per heavy atom. The van der Waals surface area contributed by atoms with Crippen molar-refractivity contribution in [3.8, 4) is 11.5 Å². The molecule has 0 bridgehead atoms. The predicted octanol–water partition coefficient (Wildman–Crippen LogP) is 3.81.